The molecule has 0 saturated heterocycles. The summed E-state index contributed by atoms with van der Waals surface area (Å²) in [7, 11) is 0. The zero-order chi connectivity index (χ0) is 14.3. The van der Waals surface area contributed by atoms with Crippen LogP contribution in [0.3, 0.4) is 0 Å². The monoisotopic (exact) mass is 325 g/mol. The molecule has 0 aromatic heterocycles. The summed E-state index contributed by atoms with van der Waals surface area (Å²) in [5, 5.41) is 3.13. The van der Waals surface area contributed by atoms with Crippen molar-refractivity contribution in [3.05, 3.63) is 34.3 Å². The maximum Gasteiger partial charge on any atom is 0.223 e. The lowest BCUT2D eigenvalue weighted by molar-refractivity contribution is -0.126. The number of carbonyl (C=O) groups excluding carboxylic acids is 1. The standard InChI is InChI=1S/C16H24BrNO/c1-4-7-13(8-5-2)16(19)18-12(3)14-9-6-10-15(17)11-14/h6,9-13H,4-5,7-8H2,1-3H3,(H,18,19). The first-order chi connectivity index (χ1) is 9.08. The first-order valence-electron chi connectivity index (χ1n) is 7.14. The molecule has 0 heterocycles. The van der Waals surface area contributed by atoms with E-state index >= 15 is 0 Å². The Kier molecular flexibility index (Phi) is 7.14. The van der Waals surface area contributed by atoms with E-state index in [9.17, 15) is 4.79 Å². The summed E-state index contributed by atoms with van der Waals surface area (Å²) in [5.74, 6) is 0.348. The Labute approximate surface area is 125 Å². The molecule has 19 heavy (non-hydrogen) atoms. The fourth-order valence-corrected chi connectivity index (χ4v) is 2.71. The highest BCUT2D eigenvalue weighted by atomic mass is 79.9. The molecule has 0 radical (unpaired) electrons. The fourth-order valence-electron chi connectivity index (χ4n) is 2.29. The molecule has 0 aliphatic carbocycles. The van der Waals surface area contributed by atoms with Gasteiger partial charge in [0, 0.05) is 10.4 Å². The molecule has 0 aliphatic heterocycles. The number of rotatable bonds is 7. The maximum atomic E-state index is 12.3. The Balaban J connectivity index is 2.64. The van der Waals surface area contributed by atoms with Gasteiger partial charge in [-0.05, 0) is 37.5 Å². The van der Waals surface area contributed by atoms with Crippen molar-refractivity contribution in [3.8, 4) is 0 Å². The second-order valence-electron chi connectivity index (χ2n) is 5.06. The number of halogens is 1. The maximum absolute atomic E-state index is 12.3. The summed E-state index contributed by atoms with van der Waals surface area (Å²) in [6.45, 7) is 6.30. The van der Waals surface area contributed by atoms with Gasteiger partial charge in [0.25, 0.3) is 0 Å². The van der Waals surface area contributed by atoms with Crippen molar-refractivity contribution in [2.24, 2.45) is 5.92 Å². The van der Waals surface area contributed by atoms with Gasteiger partial charge in [0.05, 0.1) is 6.04 Å². The number of benzene rings is 1. The molecule has 1 aromatic carbocycles. The van der Waals surface area contributed by atoms with Crippen LogP contribution in [0.15, 0.2) is 28.7 Å². The molecular weight excluding hydrogens is 302 g/mol. The van der Waals surface area contributed by atoms with Gasteiger partial charge >= 0.3 is 0 Å². The molecule has 1 N–H and O–H groups in total. The summed E-state index contributed by atoms with van der Waals surface area (Å²) >= 11 is 3.46. The molecule has 1 aromatic rings. The minimum Gasteiger partial charge on any atom is -0.349 e. The third kappa shape index (κ3) is 5.35. The molecule has 0 aliphatic rings. The van der Waals surface area contributed by atoms with E-state index in [-0.39, 0.29) is 17.9 Å². The Bertz CT molecular complexity index is 399. The molecule has 3 heteroatoms. The van der Waals surface area contributed by atoms with Crippen molar-refractivity contribution in [3.63, 3.8) is 0 Å². The van der Waals surface area contributed by atoms with E-state index in [4.69, 9.17) is 0 Å². The lowest BCUT2D eigenvalue weighted by atomic mass is 9.96. The lowest BCUT2D eigenvalue weighted by Crippen LogP contribution is -2.32. The summed E-state index contributed by atoms with van der Waals surface area (Å²) in [6, 6.07) is 8.15. The van der Waals surface area contributed by atoms with Crippen molar-refractivity contribution in [2.75, 3.05) is 0 Å². The Morgan fingerprint density at radius 2 is 1.89 bits per heavy atom. The molecule has 1 amide bonds. The molecule has 1 unspecified atom stereocenters. The van der Waals surface area contributed by atoms with E-state index in [1.807, 2.05) is 25.1 Å². The quantitative estimate of drug-likeness (QED) is 0.763. The van der Waals surface area contributed by atoms with Crippen LogP contribution in [-0.2, 0) is 4.79 Å². The van der Waals surface area contributed by atoms with Gasteiger partial charge in [0.2, 0.25) is 5.91 Å². The summed E-state index contributed by atoms with van der Waals surface area (Å²) in [4.78, 5) is 12.3. The normalized spacial score (nSPS) is 12.5. The first kappa shape index (κ1) is 16.2. The van der Waals surface area contributed by atoms with Crippen molar-refractivity contribution in [1.82, 2.24) is 5.32 Å². The molecular formula is C16H24BrNO. The molecule has 106 valence electrons. The number of hydrogen-bond acceptors (Lipinski definition) is 1. The van der Waals surface area contributed by atoms with E-state index in [0.717, 1.165) is 35.7 Å². The van der Waals surface area contributed by atoms with Gasteiger partial charge in [-0.15, -0.1) is 0 Å². The third-order valence-corrected chi connectivity index (χ3v) is 3.85. The molecule has 2 nitrogen and oxygen atoms in total. The number of hydrogen-bond donors (Lipinski definition) is 1. The fraction of sp³-hybridized carbons (Fsp3) is 0.562. The van der Waals surface area contributed by atoms with Crippen molar-refractivity contribution >= 4 is 21.8 Å². The van der Waals surface area contributed by atoms with Gasteiger partial charge in [-0.2, -0.15) is 0 Å². The van der Waals surface area contributed by atoms with Gasteiger partial charge in [-0.25, -0.2) is 0 Å². The van der Waals surface area contributed by atoms with Crippen LogP contribution in [0.25, 0.3) is 0 Å². The van der Waals surface area contributed by atoms with Crippen LogP contribution in [-0.4, -0.2) is 5.91 Å². The highest BCUT2D eigenvalue weighted by molar-refractivity contribution is 9.10. The topological polar surface area (TPSA) is 29.1 Å². The third-order valence-electron chi connectivity index (χ3n) is 3.35. The van der Waals surface area contributed by atoms with Crippen LogP contribution in [0.5, 0.6) is 0 Å². The highest BCUT2D eigenvalue weighted by Crippen LogP contribution is 2.20. The minimum absolute atomic E-state index is 0.0567. The van der Waals surface area contributed by atoms with E-state index in [1.54, 1.807) is 0 Å². The Morgan fingerprint density at radius 3 is 2.42 bits per heavy atom. The Morgan fingerprint density at radius 1 is 1.26 bits per heavy atom. The highest BCUT2D eigenvalue weighted by Gasteiger charge is 2.18. The number of amides is 1. The molecule has 1 rings (SSSR count). The van der Waals surface area contributed by atoms with Gasteiger partial charge in [0.15, 0.2) is 0 Å². The van der Waals surface area contributed by atoms with Crippen molar-refractivity contribution in [1.29, 1.82) is 0 Å². The summed E-state index contributed by atoms with van der Waals surface area (Å²) < 4.78 is 1.05. The van der Waals surface area contributed by atoms with Crippen LogP contribution < -0.4 is 5.32 Å². The second kappa shape index (κ2) is 8.36. The zero-order valence-corrected chi connectivity index (χ0v) is 13.7. The van der Waals surface area contributed by atoms with Crippen molar-refractivity contribution in [2.45, 2.75) is 52.5 Å². The van der Waals surface area contributed by atoms with E-state index in [2.05, 4.69) is 41.2 Å². The molecule has 0 fully saturated rings. The molecule has 0 saturated carbocycles. The van der Waals surface area contributed by atoms with Gasteiger partial charge in [-0.1, -0.05) is 54.8 Å². The molecule has 0 bridgehead atoms. The average molecular weight is 326 g/mol. The average Bonchev–Trinajstić information content (AvgIpc) is 2.38. The predicted molar refractivity (Wildman–Crippen MR) is 84.0 cm³/mol. The molecule has 1 atom stereocenters. The van der Waals surface area contributed by atoms with E-state index in [0.29, 0.717) is 0 Å². The lowest BCUT2D eigenvalue weighted by Gasteiger charge is -2.20. The molecule has 0 spiro atoms. The largest absolute Gasteiger partial charge is 0.349 e. The second-order valence-corrected chi connectivity index (χ2v) is 5.98. The van der Waals surface area contributed by atoms with Crippen LogP contribution in [0, 0.1) is 5.92 Å². The van der Waals surface area contributed by atoms with Gasteiger partial charge < -0.3 is 5.32 Å². The summed E-state index contributed by atoms with van der Waals surface area (Å²) in [6.07, 6.45) is 4.07. The van der Waals surface area contributed by atoms with Crippen molar-refractivity contribution < 1.29 is 4.79 Å². The minimum atomic E-state index is 0.0567. The Hall–Kier alpha value is -0.830. The van der Waals surface area contributed by atoms with E-state index in [1.165, 1.54) is 0 Å². The van der Waals surface area contributed by atoms with Crippen LogP contribution >= 0.6 is 15.9 Å². The SMILES string of the molecule is CCCC(CCC)C(=O)NC(C)c1cccc(Br)c1. The van der Waals surface area contributed by atoms with Gasteiger partial charge in [-0.3, -0.25) is 4.79 Å². The number of carbonyl (C=O) groups is 1. The summed E-state index contributed by atoms with van der Waals surface area (Å²) in [5.41, 5.74) is 1.13. The number of nitrogens with one attached hydrogen (secondary N) is 1. The van der Waals surface area contributed by atoms with E-state index < -0.39 is 0 Å². The van der Waals surface area contributed by atoms with Crippen LogP contribution in [0.1, 0.15) is 58.1 Å². The van der Waals surface area contributed by atoms with Gasteiger partial charge in [0.1, 0.15) is 0 Å². The zero-order valence-electron chi connectivity index (χ0n) is 12.1. The van der Waals surface area contributed by atoms with Crippen LogP contribution in [0.4, 0.5) is 0 Å². The first-order valence-corrected chi connectivity index (χ1v) is 7.93. The van der Waals surface area contributed by atoms with Crippen LogP contribution in [0.2, 0.25) is 0 Å². The predicted octanol–water partition coefficient (Wildman–Crippen LogP) is 4.84. The smallest absolute Gasteiger partial charge is 0.223 e.